The highest BCUT2D eigenvalue weighted by atomic mass is 32.2. The van der Waals surface area contributed by atoms with Crippen LogP contribution < -0.4 is 5.32 Å². The first-order chi connectivity index (χ1) is 7.84. The number of thiophene rings is 1. The Balaban J connectivity index is 2.05. The van der Waals surface area contributed by atoms with E-state index >= 15 is 0 Å². The molecule has 3 heterocycles. The van der Waals surface area contributed by atoms with E-state index in [2.05, 4.69) is 32.3 Å². The molecule has 6 heteroatoms. The van der Waals surface area contributed by atoms with Gasteiger partial charge in [0.05, 0.1) is 17.2 Å². The SMILES string of the molecule is O=C1CS[C@@H](c2ccsc2)c2cn[nH]c2N1. The molecule has 82 valence electrons. The van der Waals surface area contributed by atoms with Gasteiger partial charge in [-0.15, -0.1) is 11.8 Å². The molecule has 0 unspecified atom stereocenters. The lowest BCUT2D eigenvalue weighted by Gasteiger charge is -2.10. The first-order valence-corrected chi connectivity index (χ1v) is 6.80. The molecule has 4 nitrogen and oxygen atoms in total. The van der Waals surface area contributed by atoms with Gasteiger partial charge in [0, 0.05) is 5.56 Å². The first kappa shape index (κ1) is 9.92. The second kappa shape index (κ2) is 3.95. The molecule has 2 aromatic heterocycles. The number of carbonyl (C=O) groups excluding carboxylic acids is 1. The Bertz CT molecular complexity index is 506. The Hall–Kier alpha value is -1.27. The van der Waals surface area contributed by atoms with Crippen molar-refractivity contribution in [1.82, 2.24) is 10.2 Å². The van der Waals surface area contributed by atoms with Crippen LogP contribution in [0.1, 0.15) is 16.4 Å². The first-order valence-electron chi connectivity index (χ1n) is 4.81. The molecular weight excluding hydrogens is 242 g/mol. The van der Waals surface area contributed by atoms with Gasteiger partial charge in [0.1, 0.15) is 5.82 Å². The number of amides is 1. The molecule has 0 saturated heterocycles. The van der Waals surface area contributed by atoms with Crippen LogP contribution in [0.4, 0.5) is 5.82 Å². The molecule has 16 heavy (non-hydrogen) atoms. The van der Waals surface area contributed by atoms with E-state index in [1.165, 1.54) is 5.56 Å². The summed E-state index contributed by atoms with van der Waals surface area (Å²) in [6, 6.07) is 2.09. The highest BCUT2D eigenvalue weighted by molar-refractivity contribution is 8.00. The van der Waals surface area contributed by atoms with Crippen molar-refractivity contribution in [2.75, 3.05) is 11.1 Å². The number of rotatable bonds is 1. The molecule has 0 saturated carbocycles. The molecule has 2 aromatic rings. The van der Waals surface area contributed by atoms with Crippen LogP contribution in [-0.4, -0.2) is 21.9 Å². The van der Waals surface area contributed by atoms with E-state index in [0.29, 0.717) is 5.75 Å². The summed E-state index contributed by atoms with van der Waals surface area (Å²) in [7, 11) is 0. The van der Waals surface area contributed by atoms with E-state index in [0.717, 1.165) is 11.4 Å². The minimum absolute atomic E-state index is 0.0215. The van der Waals surface area contributed by atoms with Gasteiger partial charge in [0.25, 0.3) is 0 Å². The summed E-state index contributed by atoms with van der Waals surface area (Å²) in [6.45, 7) is 0. The number of aromatic nitrogens is 2. The van der Waals surface area contributed by atoms with E-state index in [-0.39, 0.29) is 11.2 Å². The van der Waals surface area contributed by atoms with Gasteiger partial charge in [-0.1, -0.05) is 0 Å². The largest absolute Gasteiger partial charge is 0.310 e. The third-order valence-corrected chi connectivity index (χ3v) is 4.43. The zero-order chi connectivity index (χ0) is 11.0. The van der Waals surface area contributed by atoms with Crippen LogP contribution in [0.25, 0.3) is 0 Å². The van der Waals surface area contributed by atoms with Crippen LogP contribution in [0.5, 0.6) is 0 Å². The van der Waals surface area contributed by atoms with Crippen molar-refractivity contribution in [3.8, 4) is 0 Å². The molecule has 1 atom stereocenters. The Kier molecular flexibility index (Phi) is 2.45. The maximum absolute atomic E-state index is 11.5. The van der Waals surface area contributed by atoms with Crippen molar-refractivity contribution in [3.05, 3.63) is 34.2 Å². The van der Waals surface area contributed by atoms with Gasteiger partial charge in [0.2, 0.25) is 5.91 Å². The van der Waals surface area contributed by atoms with Crippen LogP contribution in [0.2, 0.25) is 0 Å². The van der Waals surface area contributed by atoms with E-state index in [1.54, 1.807) is 29.3 Å². The summed E-state index contributed by atoms with van der Waals surface area (Å²) >= 11 is 3.30. The predicted molar refractivity (Wildman–Crippen MR) is 65.8 cm³/mol. The lowest BCUT2D eigenvalue weighted by Crippen LogP contribution is -2.12. The van der Waals surface area contributed by atoms with Crippen molar-refractivity contribution < 1.29 is 4.79 Å². The summed E-state index contributed by atoms with van der Waals surface area (Å²) < 4.78 is 0. The van der Waals surface area contributed by atoms with Gasteiger partial charge in [-0.2, -0.15) is 16.4 Å². The standard InChI is InChI=1S/C10H9N3OS2/c14-8-5-16-9(6-1-2-15-4-6)7-3-11-13-10(7)12-8/h1-4,9H,5H2,(H2,11,12,13,14)/t9-/m0/s1. The molecule has 0 spiro atoms. The number of nitrogens with one attached hydrogen (secondary N) is 2. The van der Waals surface area contributed by atoms with Gasteiger partial charge in [-0.05, 0) is 22.4 Å². The molecule has 3 rings (SSSR count). The van der Waals surface area contributed by atoms with Crippen molar-refractivity contribution in [3.63, 3.8) is 0 Å². The van der Waals surface area contributed by atoms with Crippen molar-refractivity contribution in [2.45, 2.75) is 5.25 Å². The number of hydrogen-bond acceptors (Lipinski definition) is 4. The van der Waals surface area contributed by atoms with Crippen molar-refractivity contribution in [1.29, 1.82) is 0 Å². The average Bonchev–Trinajstić information content (AvgIpc) is 2.89. The Morgan fingerprint density at radius 3 is 3.25 bits per heavy atom. The van der Waals surface area contributed by atoms with Crippen LogP contribution in [0.3, 0.4) is 0 Å². The third kappa shape index (κ3) is 1.64. The zero-order valence-electron chi connectivity index (χ0n) is 8.27. The fraction of sp³-hybridized carbons (Fsp3) is 0.200. The predicted octanol–water partition coefficient (Wildman–Crippen LogP) is 2.25. The number of anilines is 1. The Morgan fingerprint density at radius 1 is 1.50 bits per heavy atom. The molecule has 1 aliphatic heterocycles. The highest BCUT2D eigenvalue weighted by Crippen LogP contribution is 2.40. The van der Waals surface area contributed by atoms with Crippen LogP contribution in [0, 0.1) is 0 Å². The minimum Gasteiger partial charge on any atom is -0.310 e. The number of nitrogens with zero attached hydrogens (tertiary/aromatic N) is 1. The van der Waals surface area contributed by atoms with Crippen LogP contribution in [-0.2, 0) is 4.79 Å². The maximum atomic E-state index is 11.5. The highest BCUT2D eigenvalue weighted by Gasteiger charge is 2.25. The summed E-state index contributed by atoms with van der Waals surface area (Å²) in [6.07, 6.45) is 1.79. The summed E-state index contributed by atoms with van der Waals surface area (Å²) in [5.74, 6) is 1.22. The quantitative estimate of drug-likeness (QED) is 0.817. The van der Waals surface area contributed by atoms with E-state index < -0.39 is 0 Å². The van der Waals surface area contributed by atoms with Gasteiger partial charge in [-0.3, -0.25) is 9.89 Å². The van der Waals surface area contributed by atoms with E-state index in [9.17, 15) is 4.79 Å². The van der Waals surface area contributed by atoms with E-state index in [1.807, 2.05) is 0 Å². The normalized spacial score (nSPS) is 20.0. The lowest BCUT2D eigenvalue weighted by molar-refractivity contribution is -0.113. The van der Waals surface area contributed by atoms with Crippen LogP contribution >= 0.6 is 23.1 Å². The number of fused-ring (bicyclic) bond motifs is 1. The molecule has 2 N–H and O–H groups in total. The van der Waals surface area contributed by atoms with Crippen molar-refractivity contribution >= 4 is 34.8 Å². The number of thioether (sulfide) groups is 1. The molecule has 0 fully saturated rings. The van der Waals surface area contributed by atoms with Gasteiger partial charge < -0.3 is 5.32 Å². The number of aromatic amines is 1. The Morgan fingerprint density at radius 2 is 2.44 bits per heavy atom. The molecule has 0 bridgehead atoms. The molecule has 0 aliphatic carbocycles. The third-order valence-electron chi connectivity index (χ3n) is 2.44. The smallest absolute Gasteiger partial charge is 0.235 e. The Labute approximate surface area is 100 Å². The van der Waals surface area contributed by atoms with Gasteiger partial charge >= 0.3 is 0 Å². The zero-order valence-corrected chi connectivity index (χ0v) is 9.90. The number of carbonyl (C=O) groups is 1. The second-order valence-electron chi connectivity index (χ2n) is 3.50. The summed E-state index contributed by atoms with van der Waals surface area (Å²) in [5, 5.41) is 14.0. The number of hydrogen-bond donors (Lipinski definition) is 2. The molecule has 1 amide bonds. The lowest BCUT2D eigenvalue weighted by atomic mass is 10.1. The summed E-state index contributed by atoms with van der Waals surface area (Å²) in [5.41, 5.74) is 2.28. The van der Waals surface area contributed by atoms with Crippen molar-refractivity contribution in [2.24, 2.45) is 0 Å². The molecule has 0 aromatic carbocycles. The topological polar surface area (TPSA) is 57.8 Å². The van der Waals surface area contributed by atoms with E-state index in [4.69, 9.17) is 0 Å². The average molecular weight is 251 g/mol. The molecule has 1 aliphatic rings. The molecule has 0 radical (unpaired) electrons. The maximum Gasteiger partial charge on any atom is 0.235 e. The van der Waals surface area contributed by atoms with Crippen LogP contribution in [0.15, 0.2) is 23.0 Å². The second-order valence-corrected chi connectivity index (χ2v) is 5.37. The molecular formula is C10H9N3OS2. The minimum atomic E-state index is 0.0215. The monoisotopic (exact) mass is 251 g/mol. The number of H-pyrrole nitrogens is 1. The summed E-state index contributed by atoms with van der Waals surface area (Å²) in [4.78, 5) is 11.5. The van der Waals surface area contributed by atoms with Gasteiger partial charge in [0.15, 0.2) is 0 Å². The van der Waals surface area contributed by atoms with Gasteiger partial charge in [-0.25, -0.2) is 0 Å². The fourth-order valence-corrected chi connectivity index (χ4v) is 3.58. The fourth-order valence-electron chi connectivity index (χ4n) is 1.72.